The van der Waals surface area contributed by atoms with Gasteiger partial charge in [0, 0.05) is 12.8 Å². The molecule has 5 nitrogen and oxygen atoms in total. The van der Waals surface area contributed by atoms with Gasteiger partial charge in [0.25, 0.3) is 0 Å². The normalized spacial score (nSPS) is 12.2. The predicted molar refractivity (Wildman–Crippen MR) is 279 cm³/mol. The molecule has 0 amide bonds. The minimum Gasteiger partial charge on any atom is -0.462 e. The van der Waals surface area contributed by atoms with Crippen LogP contribution in [0.2, 0.25) is 0 Å². The molecule has 5 heteroatoms. The van der Waals surface area contributed by atoms with Crippen molar-refractivity contribution >= 4 is 11.9 Å². The van der Waals surface area contributed by atoms with Crippen LogP contribution in [-0.2, 0) is 19.1 Å². The van der Waals surface area contributed by atoms with E-state index >= 15 is 0 Å². The van der Waals surface area contributed by atoms with Crippen molar-refractivity contribution in [3.8, 4) is 0 Å². The highest BCUT2D eigenvalue weighted by Gasteiger charge is 2.16. The summed E-state index contributed by atoms with van der Waals surface area (Å²) < 4.78 is 10.6. The molecular weight excluding hydrogens is 789 g/mol. The Labute approximate surface area is 400 Å². The van der Waals surface area contributed by atoms with Crippen LogP contribution in [0.25, 0.3) is 0 Å². The zero-order valence-electron chi connectivity index (χ0n) is 43.3. The number of carbonyl (C=O) groups is 2. The minimum atomic E-state index is -0.763. The first-order valence-electron chi connectivity index (χ1n) is 28.9. The average Bonchev–Trinajstić information content (AvgIpc) is 3.30. The topological polar surface area (TPSA) is 72.8 Å². The molecule has 0 spiro atoms. The quantitative estimate of drug-likeness (QED) is 0.0374. The van der Waals surface area contributed by atoms with Crippen molar-refractivity contribution in [2.45, 2.75) is 328 Å². The van der Waals surface area contributed by atoms with Gasteiger partial charge in [0.1, 0.15) is 6.61 Å². The Morgan fingerprint density at radius 2 is 0.625 bits per heavy atom. The van der Waals surface area contributed by atoms with Gasteiger partial charge >= 0.3 is 11.9 Å². The van der Waals surface area contributed by atoms with Gasteiger partial charge in [-0.25, -0.2) is 0 Å². The number of allylic oxidation sites excluding steroid dienone is 4. The van der Waals surface area contributed by atoms with Crippen LogP contribution in [0.15, 0.2) is 24.3 Å². The summed E-state index contributed by atoms with van der Waals surface area (Å²) in [6.07, 6.45) is 70.6. The molecule has 378 valence electrons. The molecule has 0 saturated carbocycles. The van der Waals surface area contributed by atoms with Crippen LogP contribution in [-0.4, -0.2) is 36.4 Å². The van der Waals surface area contributed by atoms with Gasteiger partial charge in [0.15, 0.2) is 6.10 Å². The molecule has 1 atom stereocenters. The van der Waals surface area contributed by atoms with Crippen molar-refractivity contribution in [3.05, 3.63) is 24.3 Å². The largest absolute Gasteiger partial charge is 0.462 e. The summed E-state index contributed by atoms with van der Waals surface area (Å²) in [6, 6.07) is 0. The molecule has 0 aromatic carbocycles. The lowest BCUT2D eigenvalue weighted by Gasteiger charge is -2.15. The SMILES string of the molecule is CCCCCCC/C=C\C/C=C\CCCCCCCCCCCCCCCCCCCCCCCCCCCCCCCC(=O)OC(CO)COC(=O)CCCCCCCCCCC. The van der Waals surface area contributed by atoms with Crippen LogP contribution < -0.4 is 0 Å². The molecule has 0 aliphatic rings. The number of hydrogen-bond donors (Lipinski definition) is 1. The molecule has 1 unspecified atom stereocenters. The number of aliphatic hydroxyl groups excluding tert-OH is 1. The second-order valence-corrected chi connectivity index (χ2v) is 19.7. The predicted octanol–water partition coefficient (Wildman–Crippen LogP) is 19.3. The van der Waals surface area contributed by atoms with E-state index in [0.29, 0.717) is 12.8 Å². The number of aliphatic hydroxyl groups is 1. The number of unbranched alkanes of at least 4 members (excludes halogenated alkanes) is 42. The van der Waals surface area contributed by atoms with E-state index in [1.54, 1.807) is 0 Å². The van der Waals surface area contributed by atoms with Crippen LogP contribution in [0, 0.1) is 0 Å². The Balaban J connectivity index is 3.31. The summed E-state index contributed by atoms with van der Waals surface area (Å²) >= 11 is 0. The smallest absolute Gasteiger partial charge is 0.306 e. The van der Waals surface area contributed by atoms with Crippen molar-refractivity contribution in [1.82, 2.24) is 0 Å². The van der Waals surface area contributed by atoms with E-state index in [1.807, 2.05) is 0 Å². The maximum absolute atomic E-state index is 12.2. The fraction of sp³-hybridized carbons (Fsp3) is 0.898. The van der Waals surface area contributed by atoms with E-state index in [-0.39, 0.29) is 25.2 Å². The number of rotatable bonds is 54. The van der Waals surface area contributed by atoms with Gasteiger partial charge in [-0.2, -0.15) is 0 Å². The van der Waals surface area contributed by atoms with E-state index in [1.165, 1.54) is 250 Å². The maximum Gasteiger partial charge on any atom is 0.306 e. The number of ether oxygens (including phenoxy) is 2. The van der Waals surface area contributed by atoms with Gasteiger partial charge in [-0.3, -0.25) is 9.59 Å². The van der Waals surface area contributed by atoms with Gasteiger partial charge in [0.2, 0.25) is 0 Å². The van der Waals surface area contributed by atoms with Gasteiger partial charge in [-0.1, -0.05) is 289 Å². The first-order valence-corrected chi connectivity index (χ1v) is 28.9. The number of carbonyl (C=O) groups excluding carboxylic acids is 2. The molecule has 1 N–H and O–H groups in total. The van der Waals surface area contributed by atoms with E-state index in [9.17, 15) is 14.7 Å². The monoisotopic (exact) mass is 901 g/mol. The van der Waals surface area contributed by atoms with E-state index in [0.717, 1.165) is 44.9 Å². The lowest BCUT2D eigenvalue weighted by molar-refractivity contribution is -0.161. The Kier molecular flexibility index (Phi) is 54.3. The van der Waals surface area contributed by atoms with Gasteiger partial charge in [0.05, 0.1) is 6.61 Å². The average molecular weight is 902 g/mol. The fourth-order valence-corrected chi connectivity index (χ4v) is 8.88. The van der Waals surface area contributed by atoms with Gasteiger partial charge < -0.3 is 14.6 Å². The highest BCUT2D eigenvalue weighted by atomic mass is 16.6. The molecule has 0 saturated heterocycles. The van der Waals surface area contributed by atoms with E-state index in [2.05, 4.69) is 38.2 Å². The van der Waals surface area contributed by atoms with Gasteiger partial charge in [-0.05, 0) is 44.9 Å². The lowest BCUT2D eigenvalue weighted by Crippen LogP contribution is -2.28. The molecule has 0 aliphatic heterocycles. The zero-order chi connectivity index (χ0) is 46.3. The molecule has 0 aromatic rings. The third-order valence-electron chi connectivity index (χ3n) is 13.2. The second kappa shape index (κ2) is 55.7. The second-order valence-electron chi connectivity index (χ2n) is 19.7. The Morgan fingerprint density at radius 3 is 0.922 bits per heavy atom. The highest BCUT2D eigenvalue weighted by molar-refractivity contribution is 5.70. The minimum absolute atomic E-state index is 0.0587. The first kappa shape index (κ1) is 62.4. The van der Waals surface area contributed by atoms with E-state index in [4.69, 9.17) is 9.47 Å². The molecular formula is C59H112O5. The summed E-state index contributed by atoms with van der Waals surface area (Å²) in [5.41, 5.74) is 0. The number of hydrogen-bond acceptors (Lipinski definition) is 5. The highest BCUT2D eigenvalue weighted by Crippen LogP contribution is 2.18. The van der Waals surface area contributed by atoms with Crippen LogP contribution in [0.3, 0.4) is 0 Å². The van der Waals surface area contributed by atoms with Gasteiger partial charge in [-0.15, -0.1) is 0 Å². The van der Waals surface area contributed by atoms with Crippen molar-refractivity contribution in [1.29, 1.82) is 0 Å². The molecule has 64 heavy (non-hydrogen) atoms. The summed E-state index contributed by atoms with van der Waals surface area (Å²) in [4.78, 5) is 24.3. The molecule has 0 aliphatic carbocycles. The molecule has 0 radical (unpaired) electrons. The third kappa shape index (κ3) is 53.0. The van der Waals surface area contributed by atoms with Crippen molar-refractivity contribution < 1.29 is 24.2 Å². The van der Waals surface area contributed by atoms with Crippen LogP contribution in [0.1, 0.15) is 322 Å². The Hall–Kier alpha value is -1.62. The Bertz CT molecular complexity index is 974. The summed E-state index contributed by atoms with van der Waals surface area (Å²) in [5, 5.41) is 9.58. The lowest BCUT2D eigenvalue weighted by atomic mass is 10.0. The standard InChI is InChI=1S/C59H112O5/c1-3-5-7-9-11-13-14-15-16-17-18-19-20-21-22-23-24-25-26-27-28-29-30-31-32-33-34-35-36-37-38-39-40-41-42-43-44-46-48-50-52-54-59(62)64-57(55-60)56-63-58(61)53-51-49-47-45-12-10-8-6-4-2/h14-15,17-18,57,60H,3-13,16,19-56H2,1-2H3/b15-14-,18-17-. The van der Waals surface area contributed by atoms with Crippen LogP contribution in [0.5, 0.6) is 0 Å². The zero-order valence-corrected chi connectivity index (χ0v) is 43.3. The van der Waals surface area contributed by atoms with E-state index < -0.39 is 6.10 Å². The maximum atomic E-state index is 12.2. The van der Waals surface area contributed by atoms with Crippen LogP contribution in [0.4, 0.5) is 0 Å². The summed E-state index contributed by atoms with van der Waals surface area (Å²) in [6.45, 7) is 4.14. The summed E-state index contributed by atoms with van der Waals surface area (Å²) in [5.74, 6) is -0.577. The molecule has 0 heterocycles. The van der Waals surface area contributed by atoms with Crippen LogP contribution >= 0.6 is 0 Å². The summed E-state index contributed by atoms with van der Waals surface area (Å²) in [7, 11) is 0. The number of esters is 2. The molecule has 0 rings (SSSR count). The van der Waals surface area contributed by atoms with Crippen molar-refractivity contribution in [3.63, 3.8) is 0 Å². The Morgan fingerprint density at radius 1 is 0.359 bits per heavy atom. The molecule has 0 bridgehead atoms. The van der Waals surface area contributed by atoms with Crippen molar-refractivity contribution in [2.75, 3.05) is 13.2 Å². The van der Waals surface area contributed by atoms with Crippen molar-refractivity contribution in [2.24, 2.45) is 0 Å². The first-order chi connectivity index (χ1) is 31.6. The molecule has 0 fully saturated rings. The third-order valence-corrected chi connectivity index (χ3v) is 13.2. The fourth-order valence-electron chi connectivity index (χ4n) is 8.88. The molecule has 0 aromatic heterocycles.